The Hall–Kier alpha value is -9.27. The number of nitriles is 1. The van der Waals surface area contributed by atoms with Crippen molar-refractivity contribution < 1.29 is 36.9 Å². The van der Waals surface area contributed by atoms with Gasteiger partial charge in [-0.3, -0.25) is 0 Å². The van der Waals surface area contributed by atoms with Crippen molar-refractivity contribution in [3.8, 4) is 63.1 Å². The van der Waals surface area contributed by atoms with Crippen molar-refractivity contribution in [1.82, 2.24) is 18.9 Å². The first-order valence-electron chi connectivity index (χ1n) is 27.8. The molecule has 0 saturated carbocycles. The molecule has 16 heteroatoms. The number of oxazole rings is 2. The summed E-state index contributed by atoms with van der Waals surface area (Å²) >= 11 is 0. The number of fused-ring (bicyclic) bond motifs is 5. The van der Waals surface area contributed by atoms with E-state index in [9.17, 15) is 11.8 Å². The van der Waals surface area contributed by atoms with Crippen molar-refractivity contribution in [2.24, 2.45) is 11.8 Å². The van der Waals surface area contributed by atoms with E-state index in [1.54, 1.807) is 0 Å². The van der Waals surface area contributed by atoms with Crippen LogP contribution < -0.4 is 38.8 Å². The molecule has 0 radical (unpaired) electrons. The van der Waals surface area contributed by atoms with Gasteiger partial charge in [0.05, 0.1) is 41.9 Å². The summed E-state index contributed by atoms with van der Waals surface area (Å²) in [6.45, 7) is 35.5. The first-order chi connectivity index (χ1) is 39.2. The second-order valence-corrected chi connectivity index (χ2v) is 24.2. The van der Waals surface area contributed by atoms with Crippen LogP contribution in [0.1, 0.15) is 103 Å². The molecule has 14 nitrogen and oxygen atoms in total. The van der Waals surface area contributed by atoms with E-state index in [4.69, 9.17) is 46.9 Å². The van der Waals surface area contributed by atoms with Gasteiger partial charge in [-0.25, -0.2) is 14.8 Å². The first-order valence-corrected chi connectivity index (χ1v) is 27.8. The molecule has 0 amide bonds. The zero-order valence-electron chi connectivity index (χ0n) is 48.2. The molecule has 0 N–H and O–H groups in total. The molecule has 0 atom stereocenters. The van der Waals surface area contributed by atoms with Gasteiger partial charge >= 0.3 is 14.5 Å². The standard InChI is InChI=1S/C66H62B2N6O8/c1-37(2)35-75-45-18-14-16-41(30-45)59-56-57(62(58(70-13)64-72-49-29-40(6)21-25-51(49)78-64)74(59)68-80-53-27-23-44(66(10,11)12)33-55(53)82-68)60(42-17-15-19-46(31-42)76-36-38(3)4)73(67-79-52-26-22-43(65(7,8)9)32-54(52)81-67)61(56)47(34-69)63-71-48-28-39(5)20-24-50(48)77-63/h14-33,37-38H,35-36H2,1-12H3/b61-47-,62-58+. The van der Waals surface area contributed by atoms with Gasteiger partial charge in [0.25, 0.3) is 5.70 Å². The maximum atomic E-state index is 12.1. The van der Waals surface area contributed by atoms with Crippen LogP contribution in [0, 0.1) is 43.6 Å². The van der Waals surface area contributed by atoms with E-state index < -0.39 is 14.5 Å². The lowest BCUT2D eigenvalue weighted by molar-refractivity contribution is 0.271. The largest absolute Gasteiger partial charge is 0.743 e. The summed E-state index contributed by atoms with van der Waals surface area (Å²) in [5.41, 5.74) is 7.92. The average Bonchev–Trinajstić information content (AvgIpc) is 4.36. The van der Waals surface area contributed by atoms with E-state index in [1.807, 2.05) is 144 Å². The maximum Gasteiger partial charge on any atom is 0.743 e. The Bertz CT molecular complexity index is 4140. The highest BCUT2D eigenvalue weighted by Gasteiger charge is 2.46. The van der Waals surface area contributed by atoms with Crippen LogP contribution in [-0.4, -0.2) is 46.6 Å². The Kier molecular flexibility index (Phi) is 13.3. The molecule has 10 aromatic rings. The van der Waals surface area contributed by atoms with Gasteiger partial charge in [-0.15, -0.1) is 0 Å². The van der Waals surface area contributed by atoms with Crippen LogP contribution in [0.25, 0.3) is 71.6 Å². The summed E-state index contributed by atoms with van der Waals surface area (Å²) in [7, 11) is -2.53. The van der Waals surface area contributed by atoms with Crippen LogP contribution in [0.4, 0.5) is 0 Å². The summed E-state index contributed by atoms with van der Waals surface area (Å²) in [5.74, 6) is 3.70. The van der Waals surface area contributed by atoms with Gasteiger partial charge in [-0.1, -0.05) is 118 Å². The lowest BCUT2D eigenvalue weighted by atomic mass is 9.87. The van der Waals surface area contributed by atoms with Gasteiger partial charge < -0.3 is 45.9 Å². The molecule has 0 bridgehead atoms. The van der Waals surface area contributed by atoms with Gasteiger partial charge in [0, 0.05) is 21.9 Å². The molecule has 2 aliphatic heterocycles. The van der Waals surface area contributed by atoms with Crippen molar-refractivity contribution >= 4 is 58.7 Å². The first kappa shape index (κ1) is 53.4. The smallest absolute Gasteiger partial charge is 0.503 e. The second kappa shape index (κ2) is 20.4. The Morgan fingerprint density at radius 3 is 1.50 bits per heavy atom. The Morgan fingerprint density at radius 2 is 1.04 bits per heavy atom. The van der Waals surface area contributed by atoms with Crippen LogP contribution >= 0.6 is 0 Å². The highest BCUT2D eigenvalue weighted by molar-refractivity contribution is 6.49. The van der Waals surface area contributed by atoms with Crippen molar-refractivity contribution in [2.75, 3.05) is 13.2 Å². The molecule has 0 fully saturated rings. The fourth-order valence-electron chi connectivity index (χ4n) is 10.6. The van der Waals surface area contributed by atoms with Crippen LogP contribution in [0.2, 0.25) is 0 Å². The van der Waals surface area contributed by atoms with E-state index in [0.717, 1.165) is 22.3 Å². The van der Waals surface area contributed by atoms with Crippen molar-refractivity contribution in [1.29, 1.82) is 5.26 Å². The Balaban J connectivity index is 1.32. The molecule has 0 saturated heterocycles. The summed E-state index contributed by atoms with van der Waals surface area (Å²) < 4.78 is 58.4. The van der Waals surface area contributed by atoms with E-state index in [0.29, 0.717) is 114 Å². The van der Waals surface area contributed by atoms with Crippen molar-refractivity contribution in [3.63, 3.8) is 0 Å². The number of nitrogens with zero attached hydrogens (tertiary/aromatic N) is 6. The molecule has 0 unspecified atom stereocenters. The van der Waals surface area contributed by atoms with E-state index in [1.165, 1.54) is 0 Å². The zero-order chi connectivity index (χ0) is 57.5. The van der Waals surface area contributed by atoms with Crippen LogP contribution in [0.5, 0.6) is 34.5 Å². The number of rotatable bonds is 12. The average molecular weight is 1090 g/mol. The summed E-state index contributed by atoms with van der Waals surface area (Å²) in [4.78, 5) is 14.5. The molecule has 0 aliphatic carbocycles. The number of aryl methyl sites for hydroxylation is 2. The molecule has 0 spiro atoms. The quantitative estimate of drug-likeness (QED) is 0.0851. The molecule has 6 heterocycles. The van der Waals surface area contributed by atoms with Crippen molar-refractivity contribution in [2.45, 2.75) is 93.9 Å². The lowest BCUT2D eigenvalue weighted by Crippen LogP contribution is -2.44. The molecule has 6 aromatic carbocycles. The van der Waals surface area contributed by atoms with E-state index >= 15 is 0 Å². The fourth-order valence-corrected chi connectivity index (χ4v) is 10.6. The minimum atomic E-state index is -1.27. The third-order valence-corrected chi connectivity index (χ3v) is 14.7. The molecular formula is C66H62B2N6O8. The fraction of sp³-hybridized carbons (Fsp3) is 0.273. The molecule has 12 rings (SSSR count). The highest BCUT2D eigenvalue weighted by Crippen LogP contribution is 2.44. The summed E-state index contributed by atoms with van der Waals surface area (Å²) in [6, 6.07) is 41.5. The third-order valence-electron chi connectivity index (χ3n) is 14.7. The Morgan fingerprint density at radius 1 is 0.585 bits per heavy atom. The van der Waals surface area contributed by atoms with E-state index in [-0.39, 0.29) is 45.7 Å². The molecular weight excluding hydrogens is 1030 g/mol. The van der Waals surface area contributed by atoms with Crippen molar-refractivity contribution in [3.05, 3.63) is 177 Å². The number of benzene rings is 6. The predicted molar refractivity (Wildman–Crippen MR) is 321 cm³/mol. The molecule has 4 aromatic heterocycles. The summed E-state index contributed by atoms with van der Waals surface area (Å²) in [5, 5.41) is 13.6. The summed E-state index contributed by atoms with van der Waals surface area (Å²) in [6.07, 6.45) is 0. The second-order valence-electron chi connectivity index (χ2n) is 24.2. The monoisotopic (exact) mass is 1090 g/mol. The number of aromatic nitrogens is 4. The Labute approximate surface area is 477 Å². The topological polar surface area (TPSA) is 145 Å². The maximum absolute atomic E-state index is 12.1. The van der Waals surface area contributed by atoms with Crippen LogP contribution in [0.15, 0.2) is 130 Å². The molecule has 2 aliphatic rings. The number of hydrogen-bond donors (Lipinski definition) is 0. The zero-order valence-corrected chi connectivity index (χ0v) is 48.2. The van der Waals surface area contributed by atoms with Gasteiger partial charge in [0.1, 0.15) is 57.2 Å². The van der Waals surface area contributed by atoms with Crippen LogP contribution in [0.3, 0.4) is 0 Å². The van der Waals surface area contributed by atoms with Gasteiger partial charge in [0.2, 0.25) is 11.8 Å². The van der Waals surface area contributed by atoms with E-state index in [2.05, 4.69) is 80.2 Å². The highest BCUT2D eigenvalue weighted by atomic mass is 16.7. The normalized spacial score (nSPS) is 13.9. The minimum absolute atomic E-state index is 0.0234. The minimum Gasteiger partial charge on any atom is -0.503 e. The van der Waals surface area contributed by atoms with Gasteiger partial charge in [-0.05, 0) is 132 Å². The third kappa shape index (κ3) is 9.66. The van der Waals surface area contributed by atoms with Crippen LogP contribution in [-0.2, 0) is 10.8 Å². The SMILES string of the molecule is [C-]#[N+]/C(c1nc2cc(C)ccc2o1)=c1\c2c(-c3cccc(OCC(C)C)c3)n(B3Oc4ccc(C(C)(C)C)cc4O3)/c(=C(/C#N)c3nc4cc(C)ccc4o3)c2c(-c2cccc(OCC(C)C)c2)n1B1Oc2ccc(C(C)(C)C)cc2O1. The number of hydrogen-bond acceptors (Lipinski definition) is 11. The van der Waals surface area contributed by atoms with Gasteiger partial charge in [0.15, 0.2) is 11.2 Å². The predicted octanol–water partition coefficient (Wildman–Crippen LogP) is 13.7. The molecule has 410 valence electrons. The lowest BCUT2D eigenvalue weighted by Gasteiger charge is -2.19. The van der Waals surface area contributed by atoms with Gasteiger partial charge in [-0.2, -0.15) is 5.26 Å². The number of ether oxygens (including phenoxy) is 2. The molecule has 82 heavy (non-hydrogen) atoms.